The van der Waals surface area contributed by atoms with Crippen molar-refractivity contribution in [3.63, 3.8) is 0 Å². The average molecular weight is 697 g/mol. The number of methoxy groups -OCH3 is 2. The van der Waals surface area contributed by atoms with E-state index in [1.165, 1.54) is 4.90 Å². The summed E-state index contributed by atoms with van der Waals surface area (Å²) in [7, 11) is 3.22. The van der Waals surface area contributed by atoms with Crippen molar-refractivity contribution >= 4 is 50.4 Å². The normalized spacial score (nSPS) is 24.3. The molecule has 1 heterocycles. The molecule has 0 unspecified atom stereocenters. The Morgan fingerprint density at radius 1 is 0.562 bits per heavy atom. The molecule has 7 heteroatoms. The number of ether oxygens (including phenoxy) is 2. The van der Waals surface area contributed by atoms with Crippen molar-refractivity contribution in [2.24, 2.45) is 11.8 Å². The fourth-order valence-corrected chi connectivity index (χ4v) is 8.90. The molecule has 236 valence electrons. The number of halogens is 1. The molecular formula is C41H30BrNO5. The Bertz CT molecular complexity index is 2000. The summed E-state index contributed by atoms with van der Waals surface area (Å²) in [6.07, 6.45) is 0. The second-order valence-electron chi connectivity index (χ2n) is 12.3. The smallest absolute Gasteiger partial charge is 0.239 e. The van der Waals surface area contributed by atoms with Crippen LogP contribution in [0.15, 0.2) is 138 Å². The summed E-state index contributed by atoms with van der Waals surface area (Å²) in [4.78, 5) is 47.5. The first-order valence-electron chi connectivity index (χ1n) is 15.7. The zero-order chi connectivity index (χ0) is 33.2. The number of benzene rings is 5. The number of anilines is 1. The Labute approximate surface area is 286 Å². The van der Waals surface area contributed by atoms with Gasteiger partial charge in [-0.25, -0.2) is 4.90 Å². The zero-order valence-electron chi connectivity index (χ0n) is 26.2. The molecular weight excluding hydrogens is 666 g/mol. The van der Waals surface area contributed by atoms with E-state index in [1.807, 2.05) is 115 Å². The fourth-order valence-electron chi connectivity index (χ4n) is 8.51. The summed E-state index contributed by atoms with van der Waals surface area (Å²) < 4.78 is 11.8. The largest absolute Gasteiger partial charge is 0.497 e. The van der Waals surface area contributed by atoms with Crippen LogP contribution in [0.25, 0.3) is 11.1 Å². The van der Waals surface area contributed by atoms with Crippen LogP contribution in [-0.4, -0.2) is 31.8 Å². The van der Waals surface area contributed by atoms with Gasteiger partial charge >= 0.3 is 0 Å². The minimum Gasteiger partial charge on any atom is -0.497 e. The van der Waals surface area contributed by atoms with Crippen LogP contribution < -0.4 is 14.4 Å². The number of allylic oxidation sites excluding steroid dienone is 2. The van der Waals surface area contributed by atoms with Crippen LogP contribution in [-0.2, 0) is 25.2 Å². The van der Waals surface area contributed by atoms with Gasteiger partial charge < -0.3 is 9.47 Å². The predicted molar refractivity (Wildman–Crippen MR) is 188 cm³/mol. The highest BCUT2D eigenvalue weighted by atomic mass is 79.9. The van der Waals surface area contributed by atoms with E-state index in [4.69, 9.17) is 9.47 Å². The number of amides is 2. The highest BCUT2D eigenvalue weighted by Gasteiger charge is 2.82. The Balaban J connectivity index is 1.55. The first-order chi connectivity index (χ1) is 23.4. The average Bonchev–Trinajstić information content (AvgIpc) is 3.64. The number of fused-ring (bicyclic) bond motifs is 5. The predicted octanol–water partition coefficient (Wildman–Crippen LogP) is 7.66. The lowest BCUT2D eigenvalue weighted by Gasteiger charge is -2.39. The third-order valence-electron chi connectivity index (χ3n) is 10.3. The molecule has 0 aromatic heterocycles. The SMILES string of the molecule is COc1ccc(C2=C(c3ccc(OC)cc3)[C@@]3(c4ccccc4)C(=O)[C@@]2(c2ccccc2)[C@@H]2C(=O)N(c4cccc(Br)c4)C(=O)[C@@H]23)cc1. The van der Waals surface area contributed by atoms with Gasteiger partial charge in [-0.1, -0.05) is 107 Å². The molecule has 0 radical (unpaired) electrons. The number of ketones is 1. The van der Waals surface area contributed by atoms with Crippen molar-refractivity contribution in [3.05, 3.63) is 160 Å². The summed E-state index contributed by atoms with van der Waals surface area (Å²) >= 11 is 3.52. The van der Waals surface area contributed by atoms with Gasteiger partial charge in [0.05, 0.1) is 42.6 Å². The fraction of sp³-hybridized carbons (Fsp3) is 0.146. The van der Waals surface area contributed by atoms with Crippen molar-refractivity contribution in [2.45, 2.75) is 10.8 Å². The third-order valence-corrected chi connectivity index (χ3v) is 10.8. The molecule has 1 saturated heterocycles. The Morgan fingerprint density at radius 2 is 1.00 bits per heavy atom. The Morgan fingerprint density at radius 3 is 1.40 bits per heavy atom. The van der Waals surface area contributed by atoms with Gasteiger partial charge in [-0.05, 0) is 75.9 Å². The Hall–Kier alpha value is -5.27. The molecule has 1 saturated carbocycles. The van der Waals surface area contributed by atoms with Gasteiger partial charge in [-0.15, -0.1) is 0 Å². The number of hydrogen-bond acceptors (Lipinski definition) is 5. The van der Waals surface area contributed by atoms with E-state index in [0.717, 1.165) is 15.6 Å². The molecule has 6 nitrogen and oxygen atoms in total. The molecule has 5 aromatic carbocycles. The zero-order valence-corrected chi connectivity index (χ0v) is 27.8. The molecule has 2 fully saturated rings. The topological polar surface area (TPSA) is 72.9 Å². The highest BCUT2D eigenvalue weighted by molar-refractivity contribution is 9.10. The lowest BCUT2D eigenvalue weighted by molar-refractivity contribution is -0.130. The van der Waals surface area contributed by atoms with Gasteiger partial charge in [-0.3, -0.25) is 14.4 Å². The molecule has 2 amide bonds. The van der Waals surface area contributed by atoms with Gasteiger partial charge in [0.2, 0.25) is 11.8 Å². The maximum Gasteiger partial charge on any atom is 0.239 e. The monoisotopic (exact) mass is 695 g/mol. The summed E-state index contributed by atoms with van der Waals surface area (Å²) in [5, 5.41) is 0. The van der Waals surface area contributed by atoms with Gasteiger partial charge in [0, 0.05) is 4.47 Å². The molecule has 48 heavy (non-hydrogen) atoms. The van der Waals surface area contributed by atoms with Gasteiger partial charge in [-0.2, -0.15) is 0 Å². The molecule has 8 rings (SSSR count). The van der Waals surface area contributed by atoms with Crippen molar-refractivity contribution in [1.82, 2.24) is 0 Å². The molecule has 5 aromatic rings. The second-order valence-corrected chi connectivity index (χ2v) is 13.2. The quantitative estimate of drug-likeness (QED) is 0.164. The van der Waals surface area contributed by atoms with E-state index in [9.17, 15) is 0 Å². The van der Waals surface area contributed by atoms with Crippen molar-refractivity contribution in [2.75, 3.05) is 19.1 Å². The van der Waals surface area contributed by atoms with Crippen LogP contribution in [0.3, 0.4) is 0 Å². The molecule has 4 atom stereocenters. The first kappa shape index (κ1) is 30.1. The summed E-state index contributed by atoms with van der Waals surface area (Å²) in [5.41, 5.74) is 1.82. The number of rotatable bonds is 7. The number of hydrogen-bond donors (Lipinski definition) is 0. The van der Waals surface area contributed by atoms with Gasteiger partial charge in [0.25, 0.3) is 0 Å². The molecule has 0 spiro atoms. The van der Waals surface area contributed by atoms with Gasteiger partial charge in [0.1, 0.15) is 11.5 Å². The maximum atomic E-state index is 16.0. The number of carbonyl (C=O) groups is 3. The number of Topliss-reactive ketones (excluding diaryl/α,β-unsaturated/α-hetero) is 1. The van der Waals surface area contributed by atoms with Crippen LogP contribution >= 0.6 is 15.9 Å². The highest BCUT2D eigenvalue weighted by Crippen LogP contribution is 2.74. The van der Waals surface area contributed by atoms with E-state index in [1.54, 1.807) is 32.4 Å². The van der Waals surface area contributed by atoms with Crippen molar-refractivity contribution in [3.8, 4) is 11.5 Å². The Kier molecular flexibility index (Phi) is 7.00. The molecule has 2 bridgehead atoms. The lowest BCUT2D eigenvalue weighted by Crippen LogP contribution is -2.45. The van der Waals surface area contributed by atoms with Crippen LogP contribution in [0.1, 0.15) is 22.3 Å². The maximum absolute atomic E-state index is 16.0. The minimum absolute atomic E-state index is 0.172. The van der Waals surface area contributed by atoms with Crippen molar-refractivity contribution < 1.29 is 23.9 Å². The lowest BCUT2D eigenvalue weighted by atomic mass is 9.59. The van der Waals surface area contributed by atoms with E-state index in [0.29, 0.717) is 39.5 Å². The summed E-state index contributed by atoms with van der Waals surface area (Å²) in [6.45, 7) is 0. The van der Waals surface area contributed by atoms with Gasteiger partial charge in [0.15, 0.2) is 5.78 Å². The van der Waals surface area contributed by atoms with Crippen LogP contribution in [0, 0.1) is 11.8 Å². The van der Waals surface area contributed by atoms with E-state index >= 15 is 14.4 Å². The van der Waals surface area contributed by atoms with Crippen molar-refractivity contribution in [1.29, 1.82) is 0 Å². The summed E-state index contributed by atoms with van der Waals surface area (Å²) in [5.74, 6) is -1.63. The van der Waals surface area contributed by atoms with Crippen LogP contribution in [0.5, 0.6) is 11.5 Å². The van der Waals surface area contributed by atoms with Crippen LogP contribution in [0.2, 0.25) is 0 Å². The first-order valence-corrected chi connectivity index (χ1v) is 16.5. The van der Waals surface area contributed by atoms with E-state index < -0.39 is 34.5 Å². The third kappa shape index (κ3) is 3.88. The minimum atomic E-state index is -1.49. The molecule has 1 aliphatic heterocycles. The molecule has 0 N–H and O–H groups in total. The number of nitrogens with zero attached hydrogens (tertiary/aromatic N) is 1. The molecule has 3 aliphatic rings. The summed E-state index contributed by atoms with van der Waals surface area (Å²) in [6, 6.07) is 41.4. The molecule has 2 aliphatic carbocycles. The van der Waals surface area contributed by atoms with E-state index in [2.05, 4.69) is 15.9 Å². The number of imide groups is 1. The number of carbonyl (C=O) groups excluding carboxylic acids is 3. The second kappa shape index (κ2) is 11.2. The standard InChI is InChI=1S/C41H30BrNO5/c1-47-31-20-16-25(17-21-31)33-34(26-18-22-32(48-2)23-19-26)41(28-12-7-4-8-13-28)36-35(40(33,39(41)46)27-10-5-3-6-11-27)37(44)43(38(36)45)30-15-9-14-29(42)24-30/h3-24,35-36H,1-2H3/t35-,36+,40-,41-/m1/s1. The van der Waals surface area contributed by atoms with E-state index in [-0.39, 0.29) is 5.78 Å². The van der Waals surface area contributed by atoms with Crippen LogP contribution in [0.4, 0.5) is 5.69 Å².